The van der Waals surface area contributed by atoms with Crippen molar-refractivity contribution in [3.63, 3.8) is 0 Å². The molecule has 5 aromatic carbocycles. The lowest BCUT2D eigenvalue weighted by molar-refractivity contribution is -0.116. The van der Waals surface area contributed by atoms with Crippen molar-refractivity contribution in [2.75, 3.05) is 17.7 Å². The van der Waals surface area contributed by atoms with Crippen molar-refractivity contribution in [2.45, 2.75) is 10.1 Å². The van der Waals surface area contributed by atoms with Crippen LogP contribution in [-0.4, -0.2) is 24.8 Å². The molecule has 1 atom stereocenters. The lowest BCUT2D eigenvalue weighted by Crippen LogP contribution is -2.30. The molecule has 0 heterocycles. The number of nitrogens with one attached hydrogen (secondary N) is 3. The molecule has 3 amide bonds. The van der Waals surface area contributed by atoms with E-state index in [0.29, 0.717) is 38.3 Å². The lowest BCUT2D eigenvalue weighted by atomic mass is 10.1. The molecule has 0 aliphatic carbocycles. The van der Waals surface area contributed by atoms with Gasteiger partial charge in [0.15, 0.2) is 0 Å². The number of benzene rings is 5. The topological polar surface area (TPSA) is 96.5 Å². The van der Waals surface area contributed by atoms with E-state index < -0.39 is 17.1 Å². The van der Waals surface area contributed by atoms with Gasteiger partial charge in [0.25, 0.3) is 11.8 Å². The number of amides is 3. The highest BCUT2D eigenvalue weighted by atomic mass is 35.5. The van der Waals surface area contributed by atoms with E-state index in [0.717, 1.165) is 10.5 Å². The van der Waals surface area contributed by atoms with E-state index in [9.17, 15) is 14.4 Å². The minimum atomic E-state index is -0.614. The summed E-state index contributed by atoms with van der Waals surface area (Å²) < 4.78 is 5.31. The Balaban J connectivity index is 1.34. The maximum absolute atomic E-state index is 13.5. The van der Waals surface area contributed by atoms with Gasteiger partial charge in [-0.2, -0.15) is 0 Å². The van der Waals surface area contributed by atoms with Crippen molar-refractivity contribution >= 4 is 70.1 Å². The summed E-state index contributed by atoms with van der Waals surface area (Å²) in [6.07, 6.45) is 1.58. The summed E-state index contributed by atoms with van der Waals surface area (Å²) in [6, 6.07) is 37.1. The fraction of sp³-hybridized carbons (Fsp3) is 0.0541. The molecule has 0 spiro atoms. The number of hydrogen-bond donors (Lipinski definition) is 3. The van der Waals surface area contributed by atoms with Crippen LogP contribution in [-0.2, 0) is 9.59 Å². The van der Waals surface area contributed by atoms with Crippen molar-refractivity contribution < 1.29 is 19.1 Å². The van der Waals surface area contributed by atoms with Gasteiger partial charge in [0.1, 0.15) is 16.7 Å². The van der Waals surface area contributed by atoms with E-state index in [1.54, 1.807) is 92.0 Å². The first kappa shape index (κ1) is 33.3. The zero-order valence-corrected chi connectivity index (χ0v) is 27.4. The maximum Gasteiger partial charge on any atom is 0.272 e. The van der Waals surface area contributed by atoms with Crippen LogP contribution in [0.5, 0.6) is 5.75 Å². The molecular formula is C37H29Cl2N3O4S. The number of anilines is 2. The van der Waals surface area contributed by atoms with Crippen molar-refractivity contribution in [3.05, 3.63) is 160 Å². The number of methoxy groups -OCH3 is 1. The number of rotatable bonds is 11. The summed E-state index contributed by atoms with van der Waals surface area (Å²) in [7, 11) is 1.55. The first-order chi connectivity index (χ1) is 22.8. The summed E-state index contributed by atoms with van der Waals surface area (Å²) in [5, 5.41) is 8.70. The van der Waals surface area contributed by atoms with Crippen LogP contribution >= 0.6 is 35.0 Å². The minimum Gasteiger partial charge on any atom is -0.497 e. The van der Waals surface area contributed by atoms with E-state index in [4.69, 9.17) is 27.9 Å². The molecular weight excluding hydrogens is 653 g/mol. The second kappa shape index (κ2) is 16.0. The monoisotopic (exact) mass is 681 g/mol. The van der Waals surface area contributed by atoms with E-state index in [1.807, 2.05) is 48.5 Å². The Morgan fingerprint density at radius 1 is 0.766 bits per heavy atom. The molecule has 0 saturated carbocycles. The molecule has 236 valence electrons. The third-order valence-electron chi connectivity index (χ3n) is 6.83. The Kier molecular flexibility index (Phi) is 11.4. The number of thioether (sulfide) groups is 1. The van der Waals surface area contributed by atoms with Gasteiger partial charge in [-0.15, -0.1) is 11.8 Å². The normalized spacial score (nSPS) is 11.7. The highest BCUT2D eigenvalue weighted by Crippen LogP contribution is 2.37. The summed E-state index contributed by atoms with van der Waals surface area (Å²) in [5.41, 5.74) is 2.84. The molecule has 5 rings (SSSR count). The zero-order valence-electron chi connectivity index (χ0n) is 25.1. The average molecular weight is 683 g/mol. The highest BCUT2D eigenvalue weighted by molar-refractivity contribution is 8.00. The van der Waals surface area contributed by atoms with Crippen molar-refractivity contribution in [3.8, 4) is 5.75 Å². The number of halogens is 2. The van der Waals surface area contributed by atoms with Crippen molar-refractivity contribution in [1.29, 1.82) is 0 Å². The summed E-state index contributed by atoms with van der Waals surface area (Å²) >= 11 is 13.8. The van der Waals surface area contributed by atoms with Crippen LogP contribution < -0.4 is 20.7 Å². The fourth-order valence-electron chi connectivity index (χ4n) is 4.48. The largest absolute Gasteiger partial charge is 0.497 e. The highest BCUT2D eigenvalue weighted by Gasteiger charge is 2.23. The molecule has 3 N–H and O–H groups in total. The molecule has 0 radical (unpaired) electrons. The van der Waals surface area contributed by atoms with Gasteiger partial charge in [-0.1, -0.05) is 83.9 Å². The van der Waals surface area contributed by atoms with Gasteiger partial charge in [0.05, 0.1) is 17.8 Å². The van der Waals surface area contributed by atoms with E-state index in [-0.39, 0.29) is 11.6 Å². The Bertz CT molecular complexity index is 1900. The third kappa shape index (κ3) is 9.26. The van der Waals surface area contributed by atoms with Gasteiger partial charge < -0.3 is 20.7 Å². The Morgan fingerprint density at radius 2 is 1.47 bits per heavy atom. The number of hydrogen-bond acceptors (Lipinski definition) is 5. The van der Waals surface area contributed by atoms with Crippen LogP contribution in [0.25, 0.3) is 6.08 Å². The fourth-order valence-corrected chi connectivity index (χ4v) is 5.85. The summed E-state index contributed by atoms with van der Waals surface area (Å²) in [4.78, 5) is 40.8. The van der Waals surface area contributed by atoms with Gasteiger partial charge in [0.2, 0.25) is 5.91 Å². The average Bonchev–Trinajstić information content (AvgIpc) is 3.10. The Hall–Kier alpha value is -5.02. The van der Waals surface area contributed by atoms with E-state index >= 15 is 0 Å². The van der Waals surface area contributed by atoms with E-state index in [1.165, 1.54) is 11.8 Å². The van der Waals surface area contributed by atoms with Gasteiger partial charge in [-0.25, -0.2) is 0 Å². The zero-order chi connectivity index (χ0) is 33.2. The molecule has 0 bridgehead atoms. The first-order valence-electron chi connectivity index (χ1n) is 14.4. The predicted octanol–water partition coefficient (Wildman–Crippen LogP) is 8.88. The predicted molar refractivity (Wildman–Crippen MR) is 190 cm³/mol. The number of carbonyl (C=O) groups excluding carboxylic acids is 3. The molecule has 5 aromatic rings. The van der Waals surface area contributed by atoms with Crippen LogP contribution in [0, 0.1) is 0 Å². The summed E-state index contributed by atoms with van der Waals surface area (Å²) in [5.74, 6) is -0.605. The van der Waals surface area contributed by atoms with Crippen LogP contribution in [0.15, 0.2) is 138 Å². The molecule has 0 aliphatic rings. The molecule has 0 aliphatic heterocycles. The second-order valence-electron chi connectivity index (χ2n) is 10.2. The second-order valence-corrected chi connectivity index (χ2v) is 12.2. The Labute approximate surface area is 287 Å². The summed E-state index contributed by atoms with van der Waals surface area (Å²) in [6.45, 7) is 0. The van der Waals surface area contributed by atoms with Crippen molar-refractivity contribution in [1.82, 2.24) is 5.32 Å². The van der Waals surface area contributed by atoms with Crippen LogP contribution in [0.4, 0.5) is 11.4 Å². The van der Waals surface area contributed by atoms with Crippen LogP contribution in [0.2, 0.25) is 10.0 Å². The smallest absolute Gasteiger partial charge is 0.272 e. The minimum absolute atomic E-state index is 0.0473. The molecule has 0 fully saturated rings. The van der Waals surface area contributed by atoms with Gasteiger partial charge in [0, 0.05) is 21.2 Å². The molecule has 0 aromatic heterocycles. The van der Waals surface area contributed by atoms with Gasteiger partial charge >= 0.3 is 0 Å². The van der Waals surface area contributed by atoms with Crippen LogP contribution in [0.3, 0.4) is 0 Å². The molecule has 47 heavy (non-hydrogen) atoms. The van der Waals surface area contributed by atoms with Crippen molar-refractivity contribution in [2.24, 2.45) is 0 Å². The molecule has 7 nitrogen and oxygen atoms in total. The quantitative estimate of drug-likeness (QED) is 0.0956. The van der Waals surface area contributed by atoms with Gasteiger partial charge in [-0.05, 0) is 83.9 Å². The van der Waals surface area contributed by atoms with Gasteiger partial charge in [-0.3, -0.25) is 14.4 Å². The first-order valence-corrected chi connectivity index (χ1v) is 16.0. The molecule has 0 saturated heterocycles. The number of carbonyl (C=O) groups is 3. The molecule has 1 unspecified atom stereocenters. The SMILES string of the molecule is COc1cccc(/C=C(\NC(=O)c2ccccc2)C(=O)Nc2ccc(SC(C(=O)Nc3cc(Cl)ccc3Cl)c3ccccc3)cc2)c1. The standard InChI is InChI=1S/C37H29Cl2N3O4S/c1-46-29-14-8-9-24(21-29)22-33(42-35(43)26-12-6-3-7-13-26)36(44)40-28-16-18-30(19-17-28)47-34(25-10-4-2-5-11-25)37(45)41-32-23-27(38)15-20-31(32)39/h2-23,34H,1H3,(H,40,44)(H,41,45)(H,42,43)/b33-22-. The third-order valence-corrected chi connectivity index (χ3v) is 8.66. The Morgan fingerprint density at radius 3 is 2.17 bits per heavy atom. The lowest BCUT2D eigenvalue weighted by Gasteiger charge is -2.18. The number of ether oxygens (including phenoxy) is 1. The molecule has 10 heteroatoms. The maximum atomic E-state index is 13.5. The van der Waals surface area contributed by atoms with E-state index in [2.05, 4.69) is 16.0 Å². The van der Waals surface area contributed by atoms with Crippen LogP contribution in [0.1, 0.15) is 26.7 Å².